The van der Waals surface area contributed by atoms with Gasteiger partial charge >= 0.3 is 0 Å². The fourth-order valence-electron chi connectivity index (χ4n) is 1.43. The Bertz CT molecular complexity index is 540. The van der Waals surface area contributed by atoms with Crippen LogP contribution in [0.3, 0.4) is 0 Å². The molecule has 0 unspecified atom stereocenters. The summed E-state index contributed by atoms with van der Waals surface area (Å²) < 4.78 is 4.22. The third-order valence-electron chi connectivity index (χ3n) is 2.49. The van der Waals surface area contributed by atoms with Crippen molar-refractivity contribution in [3.05, 3.63) is 29.6 Å². The van der Waals surface area contributed by atoms with Gasteiger partial charge in [0.05, 0.1) is 0 Å². The zero-order chi connectivity index (χ0) is 13.1. The monoisotopic (exact) mass is 265 g/mol. The second-order valence-electron chi connectivity index (χ2n) is 4.25. The number of hydrogen-bond donors (Lipinski definition) is 3. The van der Waals surface area contributed by atoms with Crippen LogP contribution in [0, 0.1) is 0 Å². The van der Waals surface area contributed by atoms with Crippen LogP contribution in [0.25, 0.3) is 0 Å². The summed E-state index contributed by atoms with van der Waals surface area (Å²) in [4.78, 5) is 4.33. The second-order valence-corrected chi connectivity index (χ2v) is 5.00. The first-order valence-electron chi connectivity index (χ1n) is 5.65. The third kappa shape index (κ3) is 2.70. The van der Waals surface area contributed by atoms with Gasteiger partial charge in [0, 0.05) is 29.6 Å². The quantitative estimate of drug-likeness (QED) is 0.741. The highest BCUT2D eigenvalue weighted by molar-refractivity contribution is 7.09. The van der Waals surface area contributed by atoms with E-state index in [4.69, 9.17) is 0 Å². The predicted octanol–water partition coefficient (Wildman–Crippen LogP) is 2.68. The molecule has 0 radical (unpaired) electrons. The number of benzene rings is 1. The van der Waals surface area contributed by atoms with Crippen LogP contribution in [0.5, 0.6) is 11.5 Å². The Morgan fingerprint density at radius 2 is 2.11 bits per heavy atom. The highest BCUT2D eigenvalue weighted by Crippen LogP contribution is 2.29. The molecule has 18 heavy (non-hydrogen) atoms. The van der Waals surface area contributed by atoms with E-state index in [9.17, 15) is 10.2 Å². The van der Waals surface area contributed by atoms with E-state index in [1.54, 1.807) is 12.1 Å². The van der Waals surface area contributed by atoms with Gasteiger partial charge in [0.1, 0.15) is 5.82 Å². The lowest BCUT2D eigenvalue weighted by atomic mass is 10.2. The van der Waals surface area contributed by atoms with Gasteiger partial charge in [0.25, 0.3) is 0 Å². The molecule has 1 aromatic heterocycles. The molecule has 2 aromatic rings. The lowest BCUT2D eigenvalue weighted by Crippen LogP contribution is -2.00. The van der Waals surface area contributed by atoms with Crippen LogP contribution in [-0.4, -0.2) is 19.6 Å². The van der Waals surface area contributed by atoms with E-state index in [2.05, 4.69) is 14.7 Å². The van der Waals surface area contributed by atoms with Crippen LogP contribution in [0.1, 0.15) is 31.2 Å². The number of hydrogen-bond acceptors (Lipinski definition) is 6. The normalized spacial score (nSPS) is 10.8. The fraction of sp³-hybridized carbons (Fsp3) is 0.333. The Hall–Kier alpha value is -1.82. The van der Waals surface area contributed by atoms with E-state index in [-0.39, 0.29) is 11.5 Å². The van der Waals surface area contributed by atoms with Crippen LogP contribution in [0.2, 0.25) is 0 Å². The van der Waals surface area contributed by atoms with Gasteiger partial charge in [-0.15, -0.1) is 0 Å². The van der Waals surface area contributed by atoms with Crippen LogP contribution >= 0.6 is 11.5 Å². The number of phenols is 2. The first-order valence-corrected chi connectivity index (χ1v) is 6.42. The number of para-hydroxylation sites is 1. The topological polar surface area (TPSA) is 78.3 Å². The standard InChI is InChI=1S/C12H15N3O2S/c1-7(2)11-14-12(18-15-11)13-6-8-4-3-5-9(16)10(8)17/h3-5,7,16-17H,6H2,1-2H3,(H,13,14,15). The molecule has 6 heteroatoms. The number of aromatic hydroxyl groups is 2. The van der Waals surface area contributed by atoms with E-state index in [0.29, 0.717) is 23.2 Å². The lowest BCUT2D eigenvalue weighted by Gasteiger charge is -2.06. The van der Waals surface area contributed by atoms with Crippen molar-refractivity contribution < 1.29 is 10.2 Å². The van der Waals surface area contributed by atoms with E-state index in [0.717, 1.165) is 5.82 Å². The highest BCUT2D eigenvalue weighted by Gasteiger charge is 2.09. The van der Waals surface area contributed by atoms with Crippen molar-refractivity contribution in [1.82, 2.24) is 9.36 Å². The fourth-order valence-corrected chi connectivity index (χ4v) is 2.14. The molecule has 0 saturated carbocycles. The van der Waals surface area contributed by atoms with Gasteiger partial charge in [-0.3, -0.25) is 0 Å². The van der Waals surface area contributed by atoms with Crippen LogP contribution in [0.4, 0.5) is 5.13 Å². The summed E-state index contributed by atoms with van der Waals surface area (Å²) in [5.41, 5.74) is 0.622. The smallest absolute Gasteiger partial charge is 0.202 e. The van der Waals surface area contributed by atoms with E-state index >= 15 is 0 Å². The average Bonchev–Trinajstić information content (AvgIpc) is 2.80. The Morgan fingerprint density at radius 1 is 1.33 bits per heavy atom. The van der Waals surface area contributed by atoms with Crippen LogP contribution in [0.15, 0.2) is 18.2 Å². The maximum absolute atomic E-state index is 9.65. The molecule has 0 saturated heterocycles. The zero-order valence-electron chi connectivity index (χ0n) is 10.2. The molecule has 1 heterocycles. The van der Waals surface area contributed by atoms with Gasteiger partial charge < -0.3 is 15.5 Å². The molecule has 1 aromatic carbocycles. The van der Waals surface area contributed by atoms with Gasteiger partial charge in [-0.05, 0) is 6.07 Å². The van der Waals surface area contributed by atoms with Crippen LogP contribution < -0.4 is 5.32 Å². The summed E-state index contributed by atoms with van der Waals surface area (Å²) in [5, 5.41) is 22.8. The molecule has 0 aliphatic heterocycles. The Kier molecular flexibility index (Phi) is 3.66. The first kappa shape index (κ1) is 12.6. The predicted molar refractivity (Wildman–Crippen MR) is 71.1 cm³/mol. The summed E-state index contributed by atoms with van der Waals surface area (Å²) in [6.07, 6.45) is 0. The van der Waals surface area contributed by atoms with Crippen LogP contribution in [-0.2, 0) is 6.54 Å². The molecule has 0 spiro atoms. The molecule has 0 amide bonds. The molecule has 0 aliphatic carbocycles. The SMILES string of the molecule is CC(C)c1nsc(NCc2cccc(O)c2O)n1. The summed E-state index contributed by atoms with van der Waals surface area (Å²) in [7, 11) is 0. The zero-order valence-corrected chi connectivity index (χ0v) is 11.0. The van der Waals surface area contributed by atoms with Gasteiger partial charge in [-0.2, -0.15) is 4.37 Å². The number of rotatable bonds is 4. The molecule has 5 nitrogen and oxygen atoms in total. The number of nitrogens with zero attached hydrogens (tertiary/aromatic N) is 2. The maximum Gasteiger partial charge on any atom is 0.202 e. The van der Waals surface area contributed by atoms with Crippen molar-refractivity contribution >= 4 is 16.7 Å². The van der Waals surface area contributed by atoms with Crippen molar-refractivity contribution in [2.45, 2.75) is 26.3 Å². The van der Waals surface area contributed by atoms with Gasteiger partial charge in [0.15, 0.2) is 11.5 Å². The Morgan fingerprint density at radius 3 is 2.78 bits per heavy atom. The lowest BCUT2D eigenvalue weighted by molar-refractivity contribution is 0.400. The minimum atomic E-state index is -0.116. The minimum absolute atomic E-state index is 0.0985. The van der Waals surface area contributed by atoms with Crippen molar-refractivity contribution in [1.29, 1.82) is 0 Å². The summed E-state index contributed by atoms with van der Waals surface area (Å²) >= 11 is 1.29. The van der Waals surface area contributed by atoms with Gasteiger partial charge in [0.2, 0.25) is 5.13 Å². The number of nitrogens with one attached hydrogen (secondary N) is 1. The summed E-state index contributed by atoms with van der Waals surface area (Å²) in [6, 6.07) is 4.87. The molecule has 3 N–H and O–H groups in total. The van der Waals surface area contributed by atoms with Crippen molar-refractivity contribution in [3.8, 4) is 11.5 Å². The largest absolute Gasteiger partial charge is 0.504 e. The van der Waals surface area contributed by atoms with Gasteiger partial charge in [-0.1, -0.05) is 26.0 Å². The molecule has 0 aliphatic rings. The number of aromatic nitrogens is 2. The van der Waals surface area contributed by atoms with Crippen molar-refractivity contribution in [2.24, 2.45) is 0 Å². The van der Waals surface area contributed by atoms with Gasteiger partial charge in [-0.25, -0.2) is 4.98 Å². The van der Waals surface area contributed by atoms with Crippen molar-refractivity contribution in [2.75, 3.05) is 5.32 Å². The number of anilines is 1. The molecular weight excluding hydrogens is 250 g/mol. The van der Waals surface area contributed by atoms with E-state index in [1.807, 2.05) is 13.8 Å². The Labute approximate surface area is 109 Å². The van der Waals surface area contributed by atoms with E-state index in [1.165, 1.54) is 17.6 Å². The summed E-state index contributed by atoms with van der Waals surface area (Å²) in [5.74, 6) is 0.890. The Balaban J connectivity index is 2.04. The molecular formula is C12H15N3O2S. The highest BCUT2D eigenvalue weighted by atomic mass is 32.1. The first-order chi connectivity index (χ1) is 8.58. The molecule has 0 atom stereocenters. The third-order valence-corrected chi connectivity index (χ3v) is 3.17. The second kappa shape index (κ2) is 5.22. The van der Waals surface area contributed by atoms with Crippen molar-refractivity contribution in [3.63, 3.8) is 0 Å². The maximum atomic E-state index is 9.65. The molecule has 0 fully saturated rings. The molecule has 0 bridgehead atoms. The summed E-state index contributed by atoms with van der Waals surface area (Å²) in [6.45, 7) is 4.47. The molecule has 2 rings (SSSR count). The average molecular weight is 265 g/mol. The molecule has 96 valence electrons. The number of phenolic OH excluding ortho intramolecular Hbond substituents is 2. The minimum Gasteiger partial charge on any atom is -0.504 e. The van der Waals surface area contributed by atoms with E-state index < -0.39 is 0 Å².